The number of amides is 2. The molecular formula is C17H24N2O3S. The van der Waals surface area contributed by atoms with Crippen LogP contribution in [-0.2, 0) is 9.84 Å². The van der Waals surface area contributed by atoms with E-state index in [1.807, 2.05) is 11.0 Å². The molecule has 2 aliphatic rings. The van der Waals surface area contributed by atoms with E-state index in [1.165, 1.54) is 5.56 Å². The van der Waals surface area contributed by atoms with Crippen LogP contribution in [-0.4, -0.2) is 50.0 Å². The third kappa shape index (κ3) is 4.25. The fourth-order valence-electron chi connectivity index (χ4n) is 3.53. The summed E-state index contributed by atoms with van der Waals surface area (Å²) in [4.78, 5) is 14.2. The van der Waals surface area contributed by atoms with Crippen molar-refractivity contribution in [3.8, 4) is 0 Å². The molecule has 126 valence electrons. The normalized spacial score (nSPS) is 27.4. The molecule has 0 unspecified atom stereocenters. The molecule has 1 aromatic rings. The molecule has 6 heteroatoms. The SMILES string of the molecule is O=C(N[C@@H]1CCS(=O)(=O)C1)N1CCC[C@@H](c2ccccc2)CC1. The molecule has 2 heterocycles. The highest BCUT2D eigenvalue weighted by Gasteiger charge is 2.30. The fraction of sp³-hybridized carbons (Fsp3) is 0.588. The topological polar surface area (TPSA) is 66.5 Å². The number of rotatable bonds is 2. The lowest BCUT2D eigenvalue weighted by atomic mass is 9.92. The Bertz CT molecular complexity index is 645. The van der Waals surface area contributed by atoms with E-state index in [2.05, 4.69) is 29.6 Å². The maximum absolute atomic E-state index is 12.4. The summed E-state index contributed by atoms with van der Waals surface area (Å²) in [7, 11) is -2.96. The number of hydrogen-bond donors (Lipinski definition) is 1. The standard InChI is InChI=1S/C17H24N2O3S/c20-17(18-16-9-12-23(21,22)13-16)19-10-4-7-15(8-11-19)14-5-2-1-3-6-14/h1-3,5-6,15-16H,4,7-13H2,(H,18,20)/t15-,16-/m1/s1. The summed E-state index contributed by atoms with van der Waals surface area (Å²) >= 11 is 0. The Kier molecular flexibility index (Phi) is 4.90. The second-order valence-corrected chi connectivity index (χ2v) is 8.80. The highest BCUT2D eigenvalue weighted by molar-refractivity contribution is 7.91. The van der Waals surface area contributed by atoms with Gasteiger partial charge < -0.3 is 10.2 Å². The molecule has 0 bridgehead atoms. The number of carbonyl (C=O) groups is 1. The van der Waals surface area contributed by atoms with Crippen molar-refractivity contribution in [2.45, 2.75) is 37.6 Å². The van der Waals surface area contributed by atoms with Crippen LogP contribution in [0.1, 0.15) is 37.2 Å². The molecule has 3 rings (SSSR count). The number of urea groups is 1. The van der Waals surface area contributed by atoms with Crippen molar-refractivity contribution in [1.29, 1.82) is 0 Å². The molecule has 2 atom stereocenters. The van der Waals surface area contributed by atoms with Gasteiger partial charge in [-0.15, -0.1) is 0 Å². The molecule has 2 fully saturated rings. The van der Waals surface area contributed by atoms with Crippen LogP contribution in [0.2, 0.25) is 0 Å². The minimum atomic E-state index is -2.96. The van der Waals surface area contributed by atoms with Gasteiger partial charge in [0.05, 0.1) is 11.5 Å². The van der Waals surface area contributed by atoms with Crippen LogP contribution in [0.5, 0.6) is 0 Å². The minimum absolute atomic E-state index is 0.0826. The summed E-state index contributed by atoms with van der Waals surface area (Å²) in [6.45, 7) is 1.47. The minimum Gasteiger partial charge on any atom is -0.334 e. The van der Waals surface area contributed by atoms with E-state index in [0.717, 1.165) is 32.4 Å². The second kappa shape index (κ2) is 6.91. The van der Waals surface area contributed by atoms with Crippen LogP contribution in [0, 0.1) is 0 Å². The molecule has 0 spiro atoms. The largest absolute Gasteiger partial charge is 0.334 e. The Hall–Kier alpha value is -1.56. The molecular weight excluding hydrogens is 312 g/mol. The van der Waals surface area contributed by atoms with Crippen molar-refractivity contribution in [3.05, 3.63) is 35.9 Å². The van der Waals surface area contributed by atoms with Crippen LogP contribution >= 0.6 is 0 Å². The van der Waals surface area contributed by atoms with E-state index in [9.17, 15) is 13.2 Å². The van der Waals surface area contributed by atoms with Gasteiger partial charge in [0.2, 0.25) is 0 Å². The summed E-state index contributed by atoms with van der Waals surface area (Å²) in [6.07, 6.45) is 3.57. The Morgan fingerprint density at radius 2 is 1.87 bits per heavy atom. The van der Waals surface area contributed by atoms with E-state index in [0.29, 0.717) is 12.3 Å². The third-order valence-corrected chi connectivity index (χ3v) is 6.61. The lowest BCUT2D eigenvalue weighted by Gasteiger charge is -2.23. The van der Waals surface area contributed by atoms with Crippen LogP contribution in [0.4, 0.5) is 4.79 Å². The Labute approximate surface area is 138 Å². The van der Waals surface area contributed by atoms with Crippen molar-refractivity contribution >= 4 is 15.9 Å². The molecule has 0 aliphatic carbocycles. The van der Waals surface area contributed by atoms with Gasteiger partial charge in [-0.2, -0.15) is 0 Å². The van der Waals surface area contributed by atoms with E-state index in [4.69, 9.17) is 0 Å². The zero-order valence-corrected chi connectivity index (χ0v) is 14.1. The number of benzene rings is 1. The van der Waals surface area contributed by atoms with Gasteiger partial charge in [-0.3, -0.25) is 0 Å². The van der Waals surface area contributed by atoms with Crippen molar-refractivity contribution in [3.63, 3.8) is 0 Å². The highest BCUT2D eigenvalue weighted by atomic mass is 32.2. The molecule has 2 amide bonds. The van der Waals surface area contributed by atoms with Gasteiger partial charge in [-0.25, -0.2) is 13.2 Å². The zero-order chi connectivity index (χ0) is 16.3. The van der Waals surface area contributed by atoms with Gasteiger partial charge in [0.1, 0.15) is 0 Å². The van der Waals surface area contributed by atoms with E-state index < -0.39 is 9.84 Å². The van der Waals surface area contributed by atoms with Crippen LogP contribution in [0.3, 0.4) is 0 Å². The summed E-state index contributed by atoms with van der Waals surface area (Å²) in [5.74, 6) is 0.772. The van der Waals surface area contributed by atoms with Gasteiger partial charge in [0, 0.05) is 19.1 Å². The first-order valence-electron chi connectivity index (χ1n) is 8.34. The summed E-state index contributed by atoms with van der Waals surface area (Å²) in [6, 6.07) is 10.1. The molecule has 1 aromatic carbocycles. The van der Waals surface area contributed by atoms with E-state index in [-0.39, 0.29) is 23.6 Å². The molecule has 5 nitrogen and oxygen atoms in total. The fourth-order valence-corrected chi connectivity index (χ4v) is 5.21. The second-order valence-electron chi connectivity index (χ2n) is 6.58. The van der Waals surface area contributed by atoms with E-state index in [1.54, 1.807) is 0 Å². The molecule has 0 radical (unpaired) electrons. The lowest BCUT2D eigenvalue weighted by Crippen LogP contribution is -2.45. The van der Waals surface area contributed by atoms with Crippen molar-refractivity contribution in [2.24, 2.45) is 0 Å². The number of likely N-dealkylation sites (tertiary alicyclic amines) is 1. The Morgan fingerprint density at radius 3 is 2.57 bits per heavy atom. The number of nitrogens with zero attached hydrogens (tertiary/aromatic N) is 1. The zero-order valence-electron chi connectivity index (χ0n) is 13.3. The third-order valence-electron chi connectivity index (χ3n) is 4.85. The van der Waals surface area contributed by atoms with Crippen molar-refractivity contribution in [2.75, 3.05) is 24.6 Å². The number of carbonyl (C=O) groups excluding carboxylic acids is 1. The highest BCUT2D eigenvalue weighted by Crippen LogP contribution is 2.27. The molecule has 23 heavy (non-hydrogen) atoms. The maximum atomic E-state index is 12.4. The van der Waals surface area contributed by atoms with Gasteiger partial charge in [-0.1, -0.05) is 30.3 Å². The summed E-state index contributed by atoms with van der Waals surface area (Å²) in [5, 5.41) is 2.89. The molecule has 0 saturated carbocycles. The van der Waals surface area contributed by atoms with Gasteiger partial charge in [-0.05, 0) is 37.2 Å². The predicted octanol–water partition coefficient (Wildman–Crippen LogP) is 2.15. The first-order valence-corrected chi connectivity index (χ1v) is 10.2. The number of nitrogens with one attached hydrogen (secondary N) is 1. The summed E-state index contributed by atoms with van der Waals surface area (Å²) < 4.78 is 23.0. The molecule has 2 aliphatic heterocycles. The average molecular weight is 336 g/mol. The molecule has 2 saturated heterocycles. The van der Waals surface area contributed by atoms with Crippen molar-refractivity contribution in [1.82, 2.24) is 10.2 Å². The van der Waals surface area contributed by atoms with Crippen molar-refractivity contribution < 1.29 is 13.2 Å². The Balaban J connectivity index is 1.54. The lowest BCUT2D eigenvalue weighted by molar-refractivity contribution is 0.196. The van der Waals surface area contributed by atoms with Gasteiger partial charge >= 0.3 is 6.03 Å². The maximum Gasteiger partial charge on any atom is 0.317 e. The predicted molar refractivity (Wildman–Crippen MR) is 90.2 cm³/mol. The smallest absolute Gasteiger partial charge is 0.317 e. The summed E-state index contributed by atoms with van der Waals surface area (Å²) in [5.41, 5.74) is 1.34. The molecule has 0 aromatic heterocycles. The number of sulfone groups is 1. The average Bonchev–Trinajstić information content (AvgIpc) is 2.76. The Morgan fingerprint density at radius 1 is 1.09 bits per heavy atom. The first-order chi connectivity index (χ1) is 11.0. The quantitative estimate of drug-likeness (QED) is 0.900. The first kappa shape index (κ1) is 16.3. The number of hydrogen-bond acceptors (Lipinski definition) is 3. The van der Waals surface area contributed by atoms with E-state index >= 15 is 0 Å². The van der Waals surface area contributed by atoms with Crippen LogP contribution < -0.4 is 5.32 Å². The monoisotopic (exact) mass is 336 g/mol. The van der Waals surface area contributed by atoms with Crippen LogP contribution in [0.15, 0.2) is 30.3 Å². The molecule has 1 N–H and O–H groups in total. The van der Waals surface area contributed by atoms with Gasteiger partial charge in [0.15, 0.2) is 9.84 Å². The van der Waals surface area contributed by atoms with Gasteiger partial charge in [0.25, 0.3) is 0 Å². The van der Waals surface area contributed by atoms with Crippen LogP contribution in [0.25, 0.3) is 0 Å².